The van der Waals surface area contributed by atoms with Crippen LogP contribution in [0.4, 0.5) is 0 Å². The molecule has 1 aromatic heterocycles. The largest absolute Gasteiger partial charge is 0.343 e. The third-order valence-electron chi connectivity index (χ3n) is 3.00. The molecule has 0 atom stereocenters. The van der Waals surface area contributed by atoms with Crippen molar-refractivity contribution in [3.05, 3.63) is 78.5 Å². The first-order chi connectivity index (χ1) is 8.93. The minimum Gasteiger partial charge on any atom is -0.343 e. The number of hydrogen-bond acceptors (Lipinski definition) is 0. The maximum absolute atomic E-state index is 3.27. The van der Waals surface area contributed by atoms with Crippen LogP contribution in [0, 0.1) is 6.07 Å². The molecule has 0 N–H and O–H groups in total. The van der Waals surface area contributed by atoms with Gasteiger partial charge in [-0.1, -0.05) is 60.7 Å². The highest BCUT2D eigenvalue weighted by atomic mass is 14.9. The highest BCUT2D eigenvalue weighted by Crippen LogP contribution is 2.14. The summed E-state index contributed by atoms with van der Waals surface area (Å²) in [7, 11) is 0. The maximum atomic E-state index is 3.27. The van der Waals surface area contributed by atoms with Crippen molar-refractivity contribution in [2.75, 3.05) is 0 Å². The van der Waals surface area contributed by atoms with Crippen molar-refractivity contribution in [1.29, 1.82) is 0 Å². The van der Waals surface area contributed by atoms with E-state index in [9.17, 15) is 0 Å². The molecule has 18 heavy (non-hydrogen) atoms. The van der Waals surface area contributed by atoms with Gasteiger partial charge in [-0.15, -0.1) is 0 Å². The summed E-state index contributed by atoms with van der Waals surface area (Å²) in [6.45, 7) is 0.874. The Morgan fingerprint density at radius 1 is 0.944 bits per heavy atom. The molecule has 0 spiro atoms. The van der Waals surface area contributed by atoms with E-state index in [0.29, 0.717) is 0 Å². The smallest absolute Gasteiger partial charge is 0.0489 e. The van der Waals surface area contributed by atoms with Crippen LogP contribution in [0.2, 0.25) is 0 Å². The first kappa shape index (κ1) is 10.8. The molecule has 3 aromatic rings. The van der Waals surface area contributed by atoms with Gasteiger partial charge in [0, 0.05) is 29.7 Å². The lowest BCUT2D eigenvalue weighted by atomic mass is 10.2. The van der Waals surface area contributed by atoms with Crippen molar-refractivity contribution in [3.63, 3.8) is 0 Å². The molecule has 2 aromatic carbocycles. The predicted molar refractivity (Wildman–Crippen MR) is 76.3 cm³/mol. The number of benzene rings is 2. The normalized spacial score (nSPS) is 11.3. The molecule has 0 unspecified atom stereocenters. The van der Waals surface area contributed by atoms with E-state index in [-0.39, 0.29) is 0 Å². The SMILES string of the molecule is [c]1cn(C/C=C/c2ccccc2)c2ccccc12. The van der Waals surface area contributed by atoms with Crippen LogP contribution in [-0.4, -0.2) is 4.57 Å². The Morgan fingerprint density at radius 2 is 1.72 bits per heavy atom. The molecule has 0 aliphatic heterocycles. The Kier molecular flexibility index (Phi) is 2.97. The summed E-state index contributed by atoms with van der Waals surface area (Å²) in [5, 5.41) is 1.17. The zero-order chi connectivity index (χ0) is 12.2. The molecule has 0 saturated heterocycles. The Balaban J connectivity index is 1.79. The van der Waals surface area contributed by atoms with E-state index in [1.54, 1.807) is 0 Å². The van der Waals surface area contributed by atoms with Crippen molar-refractivity contribution in [2.45, 2.75) is 6.54 Å². The van der Waals surface area contributed by atoms with Crippen LogP contribution in [0.15, 0.2) is 66.9 Å². The zero-order valence-corrected chi connectivity index (χ0v) is 10.1. The Morgan fingerprint density at radius 3 is 2.61 bits per heavy atom. The van der Waals surface area contributed by atoms with Crippen molar-refractivity contribution >= 4 is 17.0 Å². The summed E-state index contributed by atoms with van der Waals surface area (Å²) in [6.07, 6.45) is 6.34. The van der Waals surface area contributed by atoms with Crippen LogP contribution in [0.1, 0.15) is 5.56 Å². The molecule has 0 saturated carbocycles. The summed E-state index contributed by atoms with van der Waals surface area (Å²) in [5.41, 5.74) is 2.47. The Hall–Kier alpha value is -2.28. The molecule has 1 radical (unpaired) electrons. The number of nitrogens with zero attached hydrogens (tertiary/aromatic N) is 1. The summed E-state index contributed by atoms with van der Waals surface area (Å²) < 4.78 is 2.20. The summed E-state index contributed by atoms with van der Waals surface area (Å²) in [5.74, 6) is 0. The highest BCUT2D eigenvalue weighted by molar-refractivity contribution is 5.79. The van der Waals surface area contributed by atoms with Crippen LogP contribution in [-0.2, 0) is 6.54 Å². The summed E-state index contributed by atoms with van der Waals surface area (Å²) >= 11 is 0. The monoisotopic (exact) mass is 232 g/mol. The second-order valence-corrected chi connectivity index (χ2v) is 4.26. The molecule has 0 bridgehead atoms. The van der Waals surface area contributed by atoms with Gasteiger partial charge in [0.1, 0.15) is 0 Å². The fourth-order valence-electron chi connectivity index (χ4n) is 2.08. The van der Waals surface area contributed by atoms with Crippen molar-refractivity contribution in [1.82, 2.24) is 4.57 Å². The molecule has 0 aliphatic carbocycles. The van der Waals surface area contributed by atoms with Crippen LogP contribution >= 0.6 is 0 Å². The average Bonchev–Trinajstić information content (AvgIpc) is 2.84. The van der Waals surface area contributed by atoms with Crippen LogP contribution in [0.3, 0.4) is 0 Å². The zero-order valence-electron chi connectivity index (χ0n) is 10.1. The fourth-order valence-corrected chi connectivity index (χ4v) is 2.08. The molecular formula is C17H14N. The third kappa shape index (κ3) is 2.21. The van der Waals surface area contributed by atoms with Crippen molar-refractivity contribution < 1.29 is 0 Å². The van der Waals surface area contributed by atoms with Gasteiger partial charge in [-0.25, -0.2) is 0 Å². The lowest BCUT2D eigenvalue weighted by molar-refractivity contribution is 0.866. The topological polar surface area (TPSA) is 4.93 Å². The molecule has 1 heterocycles. The molecule has 87 valence electrons. The molecule has 1 heteroatoms. The number of para-hydroxylation sites is 1. The van der Waals surface area contributed by atoms with E-state index < -0.39 is 0 Å². The van der Waals surface area contributed by atoms with Gasteiger partial charge in [0.05, 0.1) is 0 Å². The third-order valence-corrected chi connectivity index (χ3v) is 3.00. The van der Waals surface area contributed by atoms with E-state index in [4.69, 9.17) is 0 Å². The maximum Gasteiger partial charge on any atom is 0.0489 e. The van der Waals surface area contributed by atoms with Crippen molar-refractivity contribution in [3.8, 4) is 0 Å². The average molecular weight is 232 g/mol. The molecule has 0 amide bonds. The first-order valence-corrected chi connectivity index (χ1v) is 6.10. The Bertz CT molecular complexity index is 662. The number of aromatic nitrogens is 1. The van der Waals surface area contributed by atoms with Gasteiger partial charge in [0.2, 0.25) is 0 Å². The van der Waals surface area contributed by atoms with E-state index >= 15 is 0 Å². The molecule has 3 rings (SSSR count). The van der Waals surface area contributed by atoms with Crippen molar-refractivity contribution in [2.24, 2.45) is 0 Å². The number of fused-ring (bicyclic) bond motifs is 1. The molecule has 1 nitrogen and oxygen atoms in total. The van der Waals surface area contributed by atoms with Gasteiger partial charge in [-0.05, 0) is 11.6 Å². The minimum absolute atomic E-state index is 0.874. The number of rotatable bonds is 3. The standard InChI is InChI=1S/C17H14N/c1-2-7-15(8-3-1)9-6-13-18-14-12-16-10-4-5-11-17(16)18/h1-11,14H,13H2/b9-6+. The highest BCUT2D eigenvalue weighted by Gasteiger charge is 1.97. The van der Waals surface area contributed by atoms with Gasteiger partial charge in [0.15, 0.2) is 0 Å². The van der Waals surface area contributed by atoms with Crippen LogP contribution < -0.4 is 0 Å². The van der Waals surface area contributed by atoms with Gasteiger partial charge in [-0.2, -0.15) is 0 Å². The quantitative estimate of drug-likeness (QED) is 0.639. The van der Waals surface area contributed by atoms with Gasteiger partial charge in [-0.3, -0.25) is 0 Å². The lowest BCUT2D eigenvalue weighted by Gasteiger charge is -2.00. The second kappa shape index (κ2) is 4.92. The van der Waals surface area contributed by atoms with E-state index in [2.05, 4.69) is 65.3 Å². The summed E-state index contributed by atoms with van der Waals surface area (Å²) in [4.78, 5) is 0. The second-order valence-electron chi connectivity index (χ2n) is 4.26. The van der Waals surface area contributed by atoms with Crippen LogP contribution in [0.25, 0.3) is 17.0 Å². The molecule has 0 aliphatic rings. The van der Waals surface area contributed by atoms with E-state index in [1.807, 2.05) is 18.3 Å². The Labute approximate surface area is 107 Å². The number of allylic oxidation sites excluding steroid dienone is 1. The van der Waals surface area contributed by atoms with Gasteiger partial charge < -0.3 is 4.57 Å². The van der Waals surface area contributed by atoms with Gasteiger partial charge >= 0.3 is 0 Å². The van der Waals surface area contributed by atoms with Gasteiger partial charge in [0.25, 0.3) is 0 Å². The molecular weight excluding hydrogens is 218 g/mol. The molecule has 0 fully saturated rings. The minimum atomic E-state index is 0.874. The number of hydrogen-bond donors (Lipinski definition) is 0. The van der Waals surface area contributed by atoms with E-state index in [1.165, 1.54) is 16.5 Å². The lowest BCUT2D eigenvalue weighted by Crippen LogP contribution is -1.91. The van der Waals surface area contributed by atoms with E-state index in [0.717, 1.165) is 6.54 Å². The predicted octanol–water partition coefficient (Wildman–Crippen LogP) is 4.15. The van der Waals surface area contributed by atoms with Crippen LogP contribution in [0.5, 0.6) is 0 Å². The fraction of sp³-hybridized carbons (Fsp3) is 0.0588. The first-order valence-electron chi connectivity index (χ1n) is 6.10. The summed E-state index contributed by atoms with van der Waals surface area (Å²) in [6, 6.07) is 21.9.